The van der Waals surface area contributed by atoms with Crippen LogP contribution < -0.4 is 11.1 Å². The van der Waals surface area contributed by atoms with Crippen molar-refractivity contribution in [3.63, 3.8) is 0 Å². The number of anilines is 2. The first kappa shape index (κ1) is 17.2. The van der Waals surface area contributed by atoms with Crippen molar-refractivity contribution >= 4 is 35.7 Å². The molecular formula is C22H18N2O2. The van der Waals surface area contributed by atoms with Crippen molar-refractivity contribution in [2.45, 2.75) is 0 Å². The van der Waals surface area contributed by atoms with Gasteiger partial charge in [-0.1, -0.05) is 48.6 Å². The third-order valence-electron chi connectivity index (χ3n) is 3.89. The van der Waals surface area contributed by atoms with Crippen LogP contribution >= 0.6 is 0 Å². The highest BCUT2D eigenvalue weighted by molar-refractivity contribution is 6.06. The fourth-order valence-corrected chi connectivity index (χ4v) is 2.47. The Morgan fingerprint density at radius 1 is 0.846 bits per heavy atom. The van der Waals surface area contributed by atoms with E-state index in [1.165, 1.54) is 0 Å². The van der Waals surface area contributed by atoms with E-state index in [0.717, 1.165) is 17.4 Å². The van der Waals surface area contributed by atoms with Gasteiger partial charge in [-0.25, -0.2) is 0 Å². The van der Waals surface area contributed by atoms with Crippen LogP contribution in [0.4, 0.5) is 11.4 Å². The summed E-state index contributed by atoms with van der Waals surface area (Å²) in [5, 5.41) is 2.80. The average Bonchev–Trinajstić information content (AvgIpc) is 2.68. The summed E-state index contributed by atoms with van der Waals surface area (Å²) in [6.07, 6.45) is 4.59. The van der Waals surface area contributed by atoms with Crippen molar-refractivity contribution in [2.24, 2.45) is 0 Å². The number of hydrogen-bond donors (Lipinski definition) is 2. The van der Waals surface area contributed by atoms with Crippen molar-refractivity contribution in [1.82, 2.24) is 0 Å². The van der Waals surface area contributed by atoms with Crippen LogP contribution in [0.5, 0.6) is 0 Å². The summed E-state index contributed by atoms with van der Waals surface area (Å²) in [7, 11) is 0. The lowest BCUT2D eigenvalue weighted by molar-refractivity contribution is 0.102. The Bertz CT molecular complexity index is 946. The number of hydrogen-bond acceptors (Lipinski definition) is 3. The molecule has 0 radical (unpaired) electrons. The largest absolute Gasteiger partial charge is 0.399 e. The second kappa shape index (κ2) is 7.94. The second-order valence-electron chi connectivity index (χ2n) is 5.78. The monoisotopic (exact) mass is 342 g/mol. The van der Waals surface area contributed by atoms with Gasteiger partial charge in [0.15, 0.2) is 6.29 Å². The van der Waals surface area contributed by atoms with Crippen LogP contribution in [0.2, 0.25) is 0 Å². The van der Waals surface area contributed by atoms with Crippen LogP contribution in [-0.4, -0.2) is 12.2 Å². The summed E-state index contributed by atoms with van der Waals surface area (Å²) >= 11 is 0. The van der Waals surface area contributed by atoms with Crippen LogP contribution in [0.15, 0.2) is 72.8 Å². The van der Waals surface area contributed by atoms with Gasteiger partial charge in [0, 0.05) is 16.8 Å². The molecule has 0 saturated heterocycles. The molecule has 0 fully saturated rings. The number of rotatable bonds is 5. The van der Waals surface area contributed by atoms with E-state index in [-0.39, 0.29) is 5.91 Å². The van der Waals surface area contributed by atoms with E-state index in [1.807, 2.05) is 48.6 Å². The molecule has 0 unspecified atom stereocenters. The molecular weight excluding hydrogens is 324 g/mol. The van der Waals surface area contributed by atoms with Gasteiger partial charge in [0.05, 0.1) is 5.69 Å². The predicted molar refractivity (Wildman–Crippen MR) is 106 cm³/mol. The number of amides is 1. The number of nitrogens with one attached hydrogen (secondary N) is 1. The summed E-state index contributed by atoms with van der Waals surface area (Å²) < 4.78 is 0. The van der Waals surface area contributed by atoms with Crippen LogP contribution in [0.3, 0.4) is 0 Å². The molecule has 0 aliphatic carbocycles. The summed E-state index contributed by atoms with van der Waals surface area (Å²) in [5.41, 5.74) is 9.72. The first-order chi connectivity index (χ1) is 12.7. The quantitative estimate of drug-likeness (QED) is 0.407. The van der Waals surface area contributed by atoms with Crippen molar-refractivity contribution in [1.29, 1.82) is 0 Å². The van der Waals surface area contributed by atoms with Crippen LogP contribution in [0, 0.1) is 0 Å². The first-order valence-corrected chi connectivity index (χ1v) is 8.15. The topological polar surface area (TPSA) is 72.2 Å². The zero-order chi connectivity index (χ0) is 18.4. The predicted octanol–water partition coefficient (Wildman–Crippen LogP) is 4.50. The van der Waals surface area contributed by atoms with Gasteiger partial charge in [-0.3, -0.25) is 9.59 Å². The molecule has 3 aromatic carbocycles. The van der Waals surface area contributed by atoms with E-state index < -0.39 is 0 Å². The van der Waals surface area contributed by atoms with Crippen LogP contribution in [-0.2, 0) is 0 Å². The van der Waals surface area contributed by atoms with Crippen LogP contribution in [0.25, 0.3) is 12.2 Å². The number of nitrogens with two attached hydrogens (primary N) is 1. The van der Waals surface area contributed by atoms with Gasteiger partial charge in [0.1, 0.15) is 0 Å². The van der Waals surface area contributed by atoms with E-state index in [1.54, 1.807) is 36.4 Å². The first-order valence-electron chi connectivity index (χ1n) is 8.15. The molecule has 0 saturated carbocycles. The minimum Gasteiger partial charge on any atom is -0.399 e. The molecule has 0 aliphatic heterocycles. The maximum absolute atomic E-state index is 12.3. The number of nitrogen functional groups attached to an aromatic ring is 1. The molecule has 3 aromatic rings. The number of aldehydes is 1. The van der Waals surface area contributed by atoms with Gasteiger partial charge in [0.25, 0.3) is 5.91 Å². The molecule has 1 amide bonds. The highest BCUT2D eigenvalue weighted by atomic mass is 16.1. The van der Waals surface area contributed by atoms with E-state index >= 15 is 0 Å². The molecule has 3 rings (SSSR count). The fourth-order valence-electron chi connectivity index (χ4n) is 2.47. The highest BCUT2D eigenvalue weighted by Crippen LogP contribution is 2.19. The van der Waals surface area contributed by atoms with Gasteiger partial charge in [-0.15, -0.1) is 0 Å². The molecule has 0 aliphatic rings. The third-order valence-corrected chi connectivity index (χ3v) is 3.89. The van der Waals surface area contributed by atoms with E-state index in [4.69, 9.17) is 5.73 Å². The third kappa shape index (κ3) is 4.24. The lowest BCUT2D eigenvalue weighted by Gasteiger charge is -2.09. The summed E-state index contributed by atoms with van der Waals surface area (Å²) in [5.74, 6) is -0.256. The zero-order valence-corrected chi connectivity index (χ0v) is 14.1. The Balaban J connectivity index is 1.83. The Labute approximate surface area is 152 Å². The lowest BCUT2D eigenvalue weighted by atomic mass is 10.1. The number of benzene rings is 3. The van der Waals surface area contributed by atoms with Crippen molar-refractivity contribution in [3.8, 4) is 0 Å². The van der Waals surface area contributed by atoms with Gasteiger partial charge in [-0.05, 0) is 47.5 Å². The Morgan fingerprint density at radius 3 is 2.19 bits per heavy atom. The summed E-state index contributed by atoms with van der Waals surface area (Å²) in [6, 6.07) is 21.7. The maximum Gasteiger partial charge on any atom is 0.255 e. The van der Waals surface area contributed by atoms with Crippen molar-refractivity contribution in [3.05, 3.63) is 95.1 Å². The average molecular weight is 342 g/mol. The minimum atomic E-state index is -0.256. The molecule has 0 aromatic heterocycles. The van der Waals surface area contributed by atoms with E-state index in [2.05, 4.69) is 5.32 Å². The molecule has 128 valence electrons. The molecule has 26 heavy (non-hydrogen) atoms. The molecule has 4 nitrogen and oxygen atoms in total. The summed E-state index contributed by atoms with van der Waals surface area (Å²) in [4.78, 5) is 23.6. The lowest BCUT2D eigenvalue weighted by Crippen LogP contribution is -2.13. The van der Waals surface area contributed by atoms with Gasteiger partial charge >= 0.3 is 0 Å². The molecule has 0 heterocycles. The van der Waals surface area contributed by atoms with Gasteiger partial charge in [0.2, 0.25) is 0 Å². The molecule has 0 atom stereocenters. The molecule has 3 N–H and O–H groups in total. The minimum absolute atomic E-state index is 0.256. The maximum atomic E-state index is 12.3. The standard InChI is InChI=1S/C22H18N2O2/c23-20-12-9-16(10-13-20)6-7-17-8-11-19(15-25)21(14-17)24-22(26)18-4-2-1-3-5-18/h1-15H,23H2,(H,24,26)/b7-6+. The van der Waals surface area contributed by atoms with Crippen molar-refractivity contribution < 1.29 is 9.59 Å². The number of carbonyl (C=O) groups excluding carboxylic acids is 2. The summed E-state index contributed by atoms with van der Waals surface area (Å²) in [6.45, 7) is 0. The molecule has 0 bridgehead atoms. The number of carbonyl (C=O) groups is 2. The second-order valence-corrected chi connectivity index (χ2v) is 5.78. The smallest absolute Gasteiger partial charge is 0.255 e. The highest BCUT2D eigenvalue weighted by Gasteiger charge is 2.09. The molecule has 4 heteroatoms. The van der Waals surface area contributed by atoms with E-state index in [0.29, 0.717) is 22.5 Å². The Morgan fingerprint density at radius 2 is 1.50 bits per heavy atom. The van der Waals surface area contributed by atoms with Crippen LogP contribution in [0.1, 0.15) is 31.8 Å². The fraction of sp³-hybridized carbons (Fsp3) is 0. The van der Waals surface area contributed by atoms with Crippen molar-refractivity contribution in [2.75, 3.05) is 11.1 Å². The van der Waals surface area contributed by atoms with Gasteiger partial charge in [-0.2, -0.15) is 0 Å². The zero-order valence-electron chi connectivity index (χ0n) is 14.1. The van der Waals surface area contributed by atoms with Gasteiger partial charge < -0.3 is 11.1 Å². The Kier molecular flexibility index (Phi) is 5.25. The van der Waals surface area contributed by atoms with E-state index in [9.17, 15) is 9.59 Å². The molecule has 0 spiro atoms. The SMILES string of the molecule is Nc1ccc(/C=C/c2ccc(C=O)c(NC(=O)c3ccccc3)c2)cc1. The Hall–Kier alpha value is -3.66. The normalized spacial score (nSPS) is 10.6.